The molecule has 0 bridgehead atoms. The predicted molar refractivity (Wildman–Crippen MR) is 112 cm³/mol. The summed E-state index contributed by atoms with van der Waals surface area (Å²) in [6.45, 7) is 5.59. The lowest BCUT2D eigenvalue weighted by Gasteiger charge is -2.32. The number of hydrogen-bond donors (Lipinski definition) is 0. The Morgan fingerprint density at radius 1 is 1.14 bits per heavy atom. The van der Waals surface area contributed by atoms with Crippen LogP contribution >= 0.6 is 11.8 Å². The Morgan fingerprint density at radius 2 is 1.96 bits per heavy atom. The molecule has 1 atom stereocenters. The van der Waals surface area contributed by atoms with Crippen LogP contribution in [0, 0.1) is 5.92 Å². The van der Waals surface area contributed by atoms with Crippen LogP contribution in [0.2, 0.25) is 0 Å². The van der Waals surface area contributed by atoms with Gasteiger partial charge in [-0.2, -0.15) is 11.8 Å². The molecule has 1 aromatic carbocycles. The van der Waals surface area contributed by atoms with Crippen molar-refractivity contribution in [3.8, 4) is 5.75 Å². The van der Waals surface area contributed by atoms with E-state index in [0.717, 1.165) is 38.2 Å². The fraction of sp³-hybridized carbons (Fsp3) is 0.500. The zero-order valence-electron chi connectivity index (χ0n) is 16.2. The second-order valence-electron chi connectivity index (χ2n) is 7.61. The molecule has 2 aliphatic rings. The molecule has 6 heteroatoms. The van der Waals surface area contributed by atoms with E-state index >= 15 is 0 Å². The molecule has 5 nitrogen and oxygen atoms in total. The smallest absolute Gasteiger partial charge is 0.257 e. The molecule has 0 radical (unpaired) electrons. The van der Waals surface area contributed by atoms with E-state index in [4.69, 9.17) is 9.15 Å². The van der Waals surface area contributed by atoms with Gasteiger partial charge in [0.2, 0.25) is 0 Å². The summed E-state index contributed by atoms with van der Waals surface area (Å²) < 4.78 is 11.1. The largest absolute Gasteiger partial charge is 0.493 e. The Bertz CT molecular complexity index is 742. The Labute approximate surface area is 171 Å². The van der Waals surface area contributed by atoms with Gasteiger partial charge in [-0.05, 0) is 36.6 Å². The highest BCUT2D eigenvalue weighted by Crippen LogP contribution is 2.21. The molecule has 150 valence electrons. The summed E-state index contributed by atoms with van der Waals surface area (Å²) in [4.78, 5) is 16.9. The minimum atomic E-state index is 0.0546. The third kappa shape index (κ3) is 5.11. The molecule has 4 rings (SSSR count). The first kappa shape index (κ1) is 19.4. The second kappa shape index (κ2) is 9.52. The minimum absolute atomic E-state index is 0.0546. The fourth-order valence-corrected chi connectivity index (χ4v) is 4.86. The highest BCUT2D eigenvalue weighted by Gasteiger charge is 2.25. The molecule has 0 unspecified atom stereocenters. The summed E-state index contributed by atoms with van der Waals surface area (Å²) in [6, 6.07) is 10.2. The van der Waals surface area contributed by atoms with Crippen molar-refractivity contribution in [2.75, 3.05) is 44.3 Å². The van der Waals surface area contributed by atoms with Crippen LogP contribution in [0.4, 0.5) is 0 Å². The van der Waals surface area contributed by atoms with Gasteiger partial charge in [-0.1, -0.05) is 12.1 Å². The van der Waals surface area contributed by atoms with Gasteiger partial charge in [-0.25, -0.2) is 0 Å². The molecular weight excluding hydrogens is 372 g/mol. The molecule has 2 aromatic rings. The third-order valence-electron chi connectivity index (χ3n) is 5.49. The molecule has 0 saturated carbocycles. The molecule has 1 aromatic heterocycles. The summed E-state index contributed by atoms with van der Waals surface area (Å²) in [5.74, 6) is 3.82. The number of piperidine rings is 1. The number of rotatable bonds is 6. The van der Waals surface area contributed by atoms with Gasteiger partial charge < -0.3 is 14.1 Å². The van der Waals surface area contributed by atoms with Crippen LogP contribution in [0.25, 0.3) is 0 Å². The number of carbonyl (C=O) groups excluding carboxylic acids is 1. The number of furan rings is 1. The van der Waals surface area contributed by atoms with Crippen LogP contribution in [0.15, 0.2) is 47.3 Å². The summed E-state index contributed by atoms with van der Waals surface area (Å²) in [5.41, 5.74) is 1.97. The van der Waals surface area contributed by atoms with Crippen molar-refractivity contribution >= 4 is 17.7 Å². The molecule has 1 amide bonds. The van der Waals surface area contributed by atoms with Crippen LogP contribution in [0.5, 0.6) is 5.75 Å². The Balaban J connectivity index is 1.25. The Morgan fingerprint density at radius 3 is 2.71 bits per heavy atom. The first-order chi connectivity index (χ1) is 13.8. The van der Waals surface area contributed by atoms with Crippen LogP contribution < -0.4 is 4.74 Å². The monoisotopic (exact) mass is 400 g/mol. The van der Waals surface area contributed by atoms with Gasteiger partial charge in [0, 0.05) is 50.1 Å². The van der Waals surface area contributed by atoms with Crippen molar-refractivity contribution < 1.29 is 13.9 Å². The fourth-order valence-electron chi connectivity index (χ4n) is 3.88. The highest BCUT2D eigenvalue weighted by atomic mass is 32.2. The maximum absolute atomic E-state index is 12.5. The van der Waals surface area contributed by atoms with E-state index in [-0.39, 0.29) is 5.91 Å². The Hall–Kier alpha value is -1.92. The van der Waals surface area contributed by atoms with Crippen molar-refractivity contribution in [2.24, 2.45) is 5.92 Å². The van der Waals surface area contributed by atoms with E-state index in [1.165, 1.54) is 36.4 Å². The van der Waals surface area contributed by atoms with Crippen LogP contribution in [0.1, 0.15) is 28.8 Å². The number of amides is 1. The molecule has 2 aliphatic heterocycles. The zero-order chi connectivity index (χ0) is 19.2. The lowest BCUT2D eigenvalue weighted by molar-refractivity contribution is 0.0632. The standard InChI is InChI=1S/C22H28N2O3S/c25-22(20-7-11-26-17-20)24-8-1-2-19(15-24)16-27-21-5-3-18(4-6-21)14-23-9-12-28-13-10-23/h3-7,11,17,19H,1-2,8-10,12-16H2/t19-/m0/s1. The van der Waals surface area contributed by atoms with Crippen LogP contribution in [0.3, 0.4) is 0 Å². The molecule has 0 N–H and O–H groups in total. The van der Waals surface area contributed by atoms with Gasteiger partial charge in [0.1, 0.15) is 12.0 Å². The summed E-state index contributed by atoms with van der Waals surface area (Å²) >= 11 is 2.04. The maximum Gasteiger partial charge on any atom is 0.257 e. The quantitative estimate of drug-likeness (QED) is 0.739. The SMILES string of the molecule is O=C(c1ccoc1)N1CCC[C@H](COc2ccc(CN3CCSCC3)cc2)C1. The summed E-state index contributed by atoms with van der Waals surface area (Å²) in [7, 11) is 0. The molecule has 0 spiro atoms. The van der Waals surface area contributed by atoms with Gasteiger partial charge in [0.05, 0.1) is 18.4 Å². The van der Waals surface area contributed by atoms with Crippen LogP contribution in [-0.4, -0.2) is 60.0 Å². The average Bonchev–Trinajstić information content (AvgIpc) is 3.29. The second-order valence-corrected chi connectivity index (χ2v) is 8.84. The highest BCUT2D eigenvalue weighted by molar-refractivity contribution is 7.99. The number of nitrogens with zero attached hydrogens (tertiary/aromatic N) is 2. The van der Waals surface area contributed by atoms with Crippen molar-refractivity contribution in [1.29, 1.82) is 0 Å². The zero-order valence-corrected chi connectivity index (χ0v) is 17.0. The topological polar surface area (TPSA) is 45.9 Å². The maximum atomic E-state index is 12.5. The van der Waals surface area contributed by atoms with Crippen LogP contribution in [-0.2, 0) is 6.54 Å². The third-order valence-corrected chi connectivity index (χ3v) is 6.44. The molecule has 2 fully saturated rings. The van der Waals surface area contributed by atoms with E-state index in [1.807, 2.05) is 16.7 Å². The normalized spacial score (nSPS) is 20.9. The molecule has 2 saturated heterocycles. The van der Waals surface area contributed by atoms with E-state index in [2.05, 4.69) is 29.2 Å². The number of benzene rings is 1. The molecule has 28 heavy (non-hydrogen) atoms. The molecular formula is C22H28N2O3S. The average molecular weight is 401 g/mol. The van der Waals surface area contributed by atoms with Gasteiger partial charge in [-0.3, -0.25) is 9.69 Å². The summed E-state index contributed by atoms with van der Waals surface area (Å²) in [5, 5.41) is 0. The lowest BCUT2D eigenvalue weighted by atomic mass is 9.98. The van der Waals surface area contributed by atoms with Gasteiger partial charge in [0.15, 0.2) is 0 Å². The predicted octanol–water partition coefficient (Wildman–Crippen LogP) is 3.76. The molecule has 3 heterocycles. The Kier molecular flexibility index (Phi) is 6.60. The van der Waals surface area contributed by atoms with Gasteiger partial charge in [0.25, 0.3) is 5.91 Å². The number of carbonyl (C=O) groups is 1. The van der Waals surface area contributed by atoms with Crippen molar-refractivity contribution in [3.05, 3.63) is 54.0 Å². The van der Waals surface area contributed by atoms with Crippen molar-refractivity contribution in [1.82, 2.24) is 9.80 Å². The number of thioether (sulfide) groups is 1. The summed E-state index contributed by atoms with van der Waals surface area (Å²) in [6.07, 6.45) is 5.18. The van der Waals surface area contributed by atoms with Crippen molar-refractivity contribution in [3.63, 3.8) is 0 Å². The van der Waals surface area contributed by atoms with Gasteiger partial charge >= 0.3 is 0 Å². The van der Waals surface area contributed by atoms with E-state index in [9.17, 15) is 4.79 Å². The van der Waals surface area contributed by atoms with Gasteiger partial charge in [-0.15, -0.1) is 0 Å². The first-order valence-electron chi connectivity index (χ1n) is 10.1. The van der Waals surface area contributed by atoms with E-state index < -0.39 is 0 Å². The van der Waals surface area contributed by atoms with E-state index in [0.29, 0.717) is 18.1 Å². The number of ether oxygens (including phenoxy) is 1. The van der Waals surface area contributed by atoms with Crippen molar-refractivity contribution in [2.45, 2.75) is 19.4 Å². The number of hydrogen-bond acceptors (Lipinski definition) is 5. The minimum Gasteiger partial charge on any atom is -0.493 e. The lowest BCUT2D eigenvalue weighted by Crippen LogP contribution is -2.41. The first-order valence-corrected chi connectivity index (χ1v) is 11.3. The number of likely N-dealkylation sites (tertiary alicyclic amines) is 1. The molecule has 0 aliphatic carbocycles. The van der Waals surface area contributed by atoms with E-state index in [1.54, 1.807) is 12.3 Å².